The second kappa shape index (κ2) is 9.02. The summed E-state index contributed by atoms with van der Waals surface area (Å²) in [7, 11) is 0. The van der Waals surface area contributed by atoms with E-state index in [2.05, 4.69) is 19.2 Å². The van der Waals surface area contributed by atoms with Crippen molar-refractivity contribution in [1.82, 2.24) is 5.32 Å². The zero-order valence-corrected chi connectivity index (χ0v) is 15.6. The molecule has 0 amide bonds. The minimum atomic E-state index is -0.610. The Hall–Kier alpha value is -1.85. The van der Waals surface area contributed by atoms with E-state index in [0.29, 0.717) is 35.9 Å². The maximum atomic E-state index is 12.1. The first kappa shape index (κ1) is 19.5. The first-order valence-electron chi connectivity index (χ1n) is 9.12. The van der Waals surface area contributed by atoms with Crippen LogP contribution in [0.3, 0.4) is 0 Å². The molecular formula is C20H29NO4. The molecule has 1 aromatic carbocycles. The summed E-state index contributed by atoms with van der Waals surface area (Å²) in [6.07, 6.45) is 1.59. The molecule has 2 atom stereocenters. The Kier molecular flexibility index (Phi) is 7.02. The van der Waals surface area contributed by atoms with E-state index >= 15 is 0 Å². The van der Waals surface area contributed by atoms with Crippen LogP contribution in [-0.4, -0.2) is 36.2 Å². The number of rotatable bonds is 10. The number of hydrogen-bond donors (Lipinski definition) is 2. The van der Waals surface area contributed by atoms with Gasteiger partial charge >= 0.3 is 0 Å². The second-order valence-electron chi connectivity index (χ2n) is 6.38. The molecule has 0 spiro atoms. The number of aliphatic hydroxyl groups is 1. The Balaban J connectivity index is 2.16. The number of aryl methyl sites for hydroxylation is 1. The van der Waals surface area contributed by atoms with Crippen LogP contribution in [0.25, 0.3) is 11.0 Å². The molecule has 0 fully saturated rings. The molecule has 0 saturated heterocycles. The van der Waals surface area contributed by atoms with Gasteiger partial charge in [0.15, 0.2) is 17.1 Å². The lowest BCUT2D eigenvalue weighted by Gasteiger charge is -2.16. The van der Waals surface area contributed by atoms with Crippen LogP contribution in [0.5, 0.6) is 5.75 Å². The standard InChI is InChI=1S/C20H29NO4/c1-5-13(4)21-11-14(22)12-24-19-9-8-16(18(23)7-3)17-10-15(6-2)25-20(17)19/h8-10,13-14,21-22H,5-7,11-12H2,1-4H3. The van der Waals surface area contributed by atoms with Gasteiger partial charge in [-0.25, -0.2) is 0 Å². The van der Waals surface area contributed by atoms with Crippen molar-refractivity contribution in [3.05, 3.63) is 29.5 Å². The van der Waals surface area contributed by atoms with Crippen LogP contribution in [-0.2, 0) is 6.42 Å². The Morgan fingerprint density at radius 2 is 2.08 bits per heavy atom. The van der Waals surface area contributed by atoms with Crippen LogP contribution in [0, 0.1) is 0 Å². The van der Waals surface area contributed by atoms with Gasteiger partial charge in [0, 0.05) is 36.4 Å². The summed E-state index contributed by atoms with van der Waals surface area (Å²) in [6.45, 7) is 8.67. The largest absolute Gasteiger partial charge is 0.487 e. The Labute approximate surface area is 149 Å². The van der Waals surface area contributed by atoms with Gasteiger partial charge in [0.25, 0.3) is 0 Å². The summed E-state index contributed by atoms with van der Waals surface area (Å²) in [5.74, 6) is 1.46. The number of hydrogen-bond acceptors (Lipinski definition) is 5. The molecule has 2 rings (SSSR count). The van der Waals surface area contributed by atoms with E-state index < -0.39 is 6.10 Å². The van der Waals surface area contributed by atoms with Crippen LogP contribution < -0.4 is 10.1 Å². The number of fused-ring (bicyclic) bond motifs is 1. The highest BCUT2D eigenvalue weighted by atomic mass is 16.5. The Bertz CT molecular complexity index is 707. The van der Waals surface area contributed by atoms with Crippen molar-refractivity contribution >= 4 is 16.8 Å². The molecule has 5 nitrogen and oxygen atoms in total. The lowest BCUT2D eigenvalue weighted by atomic mass is 10.0. The second-order valence-corrected chi connectivity index (χ2v) is 6.38. The zero-order valence-electron chi connectivity index (χ0n) is 15.6. The molecule has 2 aromatic rings. The third kappa shape index (κ3) is 4.83. The van der Waals surface area contributed by atoms with Gasteiger partial charge in [-0.1, -0.05) is 20.8 Å². The summed E-state index contributed by atoms with van der Waals surface area (Å²) >= 11 is 0. The van der Waals surface area contributed by atoms with Crippen LogP contribution in [0.15, 0.2) is 22.6 Å². The van der Waals surface area contributed by atoms with Crippen LogP contribution in [0.1, 0.15) is 56.7 Å². The quantitative estimate of drug-likeness (QED) is 0.641. The van der Waals surface area contributed by atoms with Gasteiger partial charge in [0.1, 0.15) is 18.5 Å². The lowest BCUT2D eigenvalue weighted by Crippen LogP contribution is -2.36. The average Bonchev–Trinajstić information content (AvgIpc) is 3.07. The average molecular weight is 347 g/mol. The van der Waals surface area contributed by atoms with Crippen LogP contribution in [0.2, 0.25) is 0 Å². The Morgan fingerprint density at radius 1 is 1.32 bits per heavy atom. The summed E-state index contributed by atoms with van der Waals surface area (Å²) in [4.78, 5) is 12.1. The third-order valence-corrected chi connectivity index (χ3v) is 4.41. The highest BCUT2D eigenvalue weighted by Gasteiger charge is 2.17. The number of benzene rings is 1. The third-order valence-electron chi connectivity index (χ3n) is 4.41. The van der Waals surface area contributed by atoms with Crippen LogP contribution >= 0.6 is 0 Å². The molecule has 0 bridgehead atoms. The fourth-order valence-electron chi connectivity index (χ4n) is 2.60. The van der Waals surface area contributed by atoms with Gasteiger partial charge in [0.05, 0.1) is 0 Å². The molecule has 25 heavy (non-hydrogen) atoms. The number of Topliss-reactive ketones (excluding diaryl/α,β-unsaturated/α-hetero) is 1. The first-order valence-corrected chi connectivity index (χ1v) is 9.12. The molecule has 5 heteroatoms. The van der Waals surface area contributed by atoms with Gasteiger partial charge < -0.3 is 19.6 Å². The molecule has 1 aromatic heterocycles. The van der Waals surface area contributed by atoms with Gasteiger partial charge in [-0.2, -0.15) is 0 Å². The maximum Gasteiger partial charge on any atom is 0.176 e. The minimum absolute atomic E-state index is 0.0813. The summed E-state index contributed by atoms with van der Waals surface area (Å²) in [6, 6.07) is 5.80. The van der Waals surface area contributed by atoms with Crippen molar-refractivity contribution in [3.8, 4) is 5.75 Å². The van der Waals surface area contributed by atoms with Crippen molar-refractivity contribution in [2.75, 3.05) is 13.2 Å². The van der Waals surface area contributed by atoms with Crippen molar-refractivity contribution in [2.45, 2.75) is 59.1 Å². The molecule has 2 N–H and O–H groups in total. The molecular weight excluding hydrogens is 318 g/mol. The molecule has 0 aliphatic rings. The number of carbonyl (C=O) groups is 1. The topological polar surface area (TPSA) is 71.7 Å². The van der Waals surface area contributed by atoms with Crippen molar-refractivity contribution in [1.29, 1.82) is 0 Å². The van der Waals surface area contributed by atoms with E-state index in [9.17, 15) is 9.90 Å². The highest BCUT2D eigenvalue weighted by molar-refractivity contribution is 6.08. The van der Waals surface area contributed by atoms with E-state index in [-0.39, 0.29) is 12.4 Å². The molecule has 0 radical (unpaired) electrons. The number of nitrogens with one attached hydrogen (secondary N) is 1. The van der Waals surface area contributed by atoms with E-state index in [1.807, 2.05) is 19.9 Å². The smallest absolute Gasteiger partial charge is 0.176 e. The van der Waals surface area contributed by atoms with Crippen molar-refractivity contribution in [2.24, 2.45) is 0 Å². The van der Waals surface area contributed by atoms with Gasteiger partial charge in [0.2, 0.25) is 0 Å². The monoisotopic (exact) mass is 347 g/mol. The fraction of sp³-hybridized carbons (Fsp3) is 0.550. The van der Waals surface area contributed by atoms with E-state index in [1.54, 1.807) is 12.1 Å². The molecule has 0 aliphatic heterocycles. The van der Waals surface area contributed by atoms with Gasteiger partial charge in [-0.15, -0.1) is 0 Å². The molecule has 1 heterocycles. The van der Waals surface area contributed by atoms with Crippen molar-refractivity contribution < 1.29 is 19.1 Å². The number of ketones is 1. The molecule has 138 valence electrons. The number of ether oxygens (including phenoxy) is 1. The predicted octanol–water partition coefficient (Wildman–Crippen LogP) is 3.72. The molecule has 2 unspecified atom stereocenters. The highest BCUT2D eigenvalue weighted by Crippen LogP contribution is 2.32. The minimum Gasteiger partial charge on any atom is -0.487 e. The first-order chi connectivity index (χ1) is 12.0. The summed E-state index contributed by atoms with van der Waals surface area (Å²) in [5, 5.41) is 14.1. The molecule has 0 aliphatic carbocycles. The fourth-order valence-corrected chi connectivity index (χ4v) is 2.60. The number of carbonyl (C=O) groups excluding carboxylic acids is 1. The van der Waals surface area contributed by atoms with E-state index in [4.69, 9.17) is 9.15 Å². The normalized spacial score (nSPS) is 13.8. The van der Waals surface area contributed by atoms with Crippen molar-refractivity contribution in [3.63, 3.8) is 0 Å². The number of aliphatic hydroxyl groups excluding tert-OH is 1. The maximum absolute atomic E-state index is 12.1. The molecule has 0 saturated carbocycles. The summed E-state index contributed by atoms with van der Waals surface area (Å²) in [5.41, 5.74) is 1.24. The van der Waals surface area contributed by atoms with E-state index in [0.717, 1.165) is 24.0 Å². The number of furan rings is 1. The lowest BCUT2D eigenvalue weighted by molar-refractivity contribution is 0.0988. The van der Waals surface area contributed by atoms with Gasteiger partial charge in [-0.3, -0.25) is 4.79 Å². The predicted molar refractivity (Wildman–Crippen MR) is 99.5 cm³/mol. The van der Waals surface area contributed by atoms with Gasteiger partial charge in [-0.05, 0) is 31.5 Å². The summed E-state index contributed by atoms with van der Waals surface area (Å²) < 4.78 is 11.6. The zero-order chi connectivity index (χ0) is 18.4. The Morgan fingerprint density at radius 3 is 2.72 bits per heavy atom. The van der Waals surface area contributed by atoms with E-state index in [1.165, 1.54) is 0 Å². The SMILES string of the molecule is CCC(=O)c1ccc(OCC(O)CNC(C)CC)c2oc(CC)cc12. The van der Waals surface area contributed by atoms with Crippen LogP contribution in [0.4, 0.5) is 0 Å².